The quantitative estimate of drug-likeness (QED) is 0.809. The van der Waals surface area contributed by atoms with Gasteiger partial charge in [-0.25, -0.2) is 13.4 Å². The lowest BCUT2D eigenvalue weighted by Crippen LogP contribution is -2.38. The number of nitrogens with zero attached hydrogens (tertiary/aromatic N) is 2. The van der Waals surface area contributed by atoms with Gasteiger partial charge in [-0.05, 0) is 18.9 Å². The highest BCUT2D eigenvalue weighted by Gasteiger charge is 2.30. The van der Waals surface area contributed by atoms with Crippen molar-refractivity contribution in [2.75, 3.05) is 6.61 Å². The molecule has 21 heavy (non-hydrogen) atoms. The van der Waals surface area contributed by atoms with E-state index in [2.05, 4.69) is 9.97 Å². The van der Waals surface area contributed by atoms with Gasteiger partial charge in [0.05, 0.1) is 12.5 Å². The Morgan fingerprint density at radius 3 is 2.62 bits per heavy atom. The molecule has 6 nitrogen and oxygen atoms in total. The number of hydrogen-bond acceptors (Lipinski definition) is 4. The van der Waals surface area contributed by atoms with E-state index in [0.717, 1.165) is 5.56 Å². The molecule has 2 aromatic rings. The zero-order valence-corrected chi connectivity index (χ0v) is 12.6. The normalized spacial score (nSPS) is 13.5. The molecule has 0 spiro atoms. The third kappa shape index (κ3) is 3.69. The maximum atomic E-state index is 12.7. The van der Waals surface area contributed by atoms with Gasteiger partial charge in [0.25, 0.3) is 10.0 Å². The van der Waals surface area contributed by atoms with Crippen LogP contribution in [0.15, 0.2) is 47.9 Å². The van der Waals surface area contributed by atoms with E-state index >= 15 is 0 Å². The Morgan fingerprint density at radius 2 is 2.05 bits per heavy atom. The minimum atomic E-state index is -3.67. The first-order chi connectivity index (χ1) is 10.1. The summed E-state index contributed by atoms with van der Waals surface area (Å²) in [6, 6.07) is 9.06. The largest absolute Gasteiger partial charge is 0.396 e. The number of imidazole rings is 1. The molecule has 1 atom stereocenters. The van der Waals surface area contributed by atoms with E-state index in [-0.39, 0.29) is 24.2 Å². The Kier molecular flexibility index (Phi) is 5.11. The number of sulfonamides is 1. The highest BCUT2D eigenvalue weighted by Crippen LogP contribution is 2.20. The van der Waals surface area contributed by atoms with Gasteiger partial charge in [0, 0.05) is 19.2 Å². The summed E-state index contributed by atoms with van der Waals surface area (Å²) in [5, 5.41) is 9.16. The number of nitrogens with one attached hydrogen (secondary N) is 1. The van der Waals surface area contributed by atoms with Crippen molar-refractivity contribution in [2.45, 2.75) is 31.0 Å². The van der Waals surface area contributed by atoms with E-state index in [4.69, 9.17) is 5.11 Å². The zero-order valence-electron chi connectivity index (χ0n) is 11.8. The average molecular weight is 309 g/mol. The molecule has 2 N–H and O–H groups in total. The third-order valence-corrected chi connectivity index (χ3v) is 5.17. The molecule has 1 aromatic heterocycles. The second kappa shape index (κ2) is 6.84. The smallest absolute Gasteiger partial charge is 0.260 e. The van der Waals surface area contributed by atoms with E-state index in [1.165, 1.54) is 16.8 Å². The van der Waals surface area contributed by atoms with Crippen LogP contribution in [0.2, 0.25) is 0 Å². The number of benzene rings is 1. The molecule has 0 amide bonds. The van der Waals surface area contributed by atoms with Crippen LogP contribution in [0.5, 0.6) is 0 Å². The van der Waals surface area contributed by atoms with Gasteiger partial charge in [0.1, 0.15) is 0 Å². The number of rotatable bonds is 7. The van der Waals surface area contributed by atoms with E-state index in [1.54, 1.807) is 6.92 Å². The molecule has 0 aliphatic carbocycles. The third-order valence-electron chi connectivity index (χ3n) is 3.28. The van der Waals surface area contributed by atoms with Crippen molar-refractivity contribution in [1.29, 1.82) is 0 Å². The van der Waals surface area contributed by atoms with Gasteiger partial charge in [-0.3, -0.25) is 0 Å². The molecule has 0 radical (unpaired) electrons. The van der Waals surface area contributed by atoms with E-state index in [9.17, 15) is 8.42 Å². The molecule has 2 rings (SSSR count). The molecule has 1 unspecified atom stereocenters. The first-order valence-corrected chi connectivity index (χ1v) is 8.14. The Bertz CT molecular complexity index is 641. The van der Waals surface area contributed by atoms with E-state index in [1.807, 2.05) is 30.3 Å². The standard InChI is InChI=1S/C14H19N3O3S/c1-12(7-8-18)17(10-13-5-3-2-4-6-13)21(19,20)14-9-15-11-16-14/h2-6,9,11-12,18H,7-8,10H2,1H3,(H,15,16). The van der Waals surface area contributed by atoms with Crippen LogP contribution in [-0.2, 0) is 16.6 Å². The highest BCUT2D eigenvalue weighted by atomic mass is 32.2. The number of aromatic amines is 1. The van der Waals surface area contributed by atoms with Gasteiger partial charge in [0.15, 0.2) is 5.03 Å². The molecule has 0 aliphatic rings. The van der Waals surface area contributed by atoms with Crippen LogP contribution in [0.25, 0.3) is 0 Å². The van der Waals surface area contributed by atoms with Gasteiger partial charge >= 0.3 is 0 Å². The minimum Gasteiger partial charge on any atom is -0.396 e. The second-order valence-electron chi connectivity index (χ2n) is 4.81. The van der Waals surface area contributed by atoms with E-state index < -0.39 is 10.0 Å². The molecule has 0 saturated carbocycles. The predicted octanol–water partition coefficient (Wildman–Crippen LogP) is 1.37. The van der Waals surface area contributed by atoms with Crippen LogP contribution < -0.4 is 0 Å². The van der Waals surface area contributed by atoms with Crippen molar-refractivity contribution in [3.05, 3.63) is 48.4 Å². The Labute approximate surface area is 124 Å². The van der Waals surface area contributed by atoms with Crippen molar-refractivity contribution >= 4 is 10.0 Å². The first-order valence-electron chi connectivity index (χ1n) is 6.70. The molecule has 0 fully saturated rings. The van der Waals surface area contributed by atoms with Gasteiger partial charge in [-0.1, -0.05) is 30.3 Å². The van der Waals surface area contributed by atoms with Gasteiger partial charge < -0.3 is 10.1 Å². The second-order valence-corrected chi connectivity index (χ2v) is 6.67. The average Bonchev–Trinajstić information content (AvgIpc) is 3.01. The predicted molar refractivity (Wildman–Crippen MR) is 78.9 cm³/mol. The van der Waals surface area contributed by atoms with Crippen LogP contribution in [0.1, 0.15) is 18.9 Å². The summed E-state index contributed by atoms with van der Waals surface area (Å²) >= 11 is 0. The lowest BCUT2D eigenvalue weighted by Gasteiger charge is -2.27. The number of H-pyrrole nitrogens is 1. The molecule has 114 valence electrons. The SMILES string of the molecule is CC(CCO)N(Cc1ccccc1)S(=O)(=O)c1cnc[nH]1. The Balaban J connectivity index is 2.32. The Hall–Kier alpha value is -1.70. The van der Waals surface area contributed by atoms with Crippen LogP contribution in [0, 0.1) is 0 Å². The molecule has 0 aliphatic heterocycles. The lowest BCUT2D eigenvalue weighted by atomic mass is 10.2. The zero-order chi connectivity index (χ0) is 15.3. The molecular formula is C14H19N3O3S. The fourth-order valence-electron chi connectivity index (χ4n) is 2.08. The monoisotopic (exact) mass is 309 g/mol. The van der Waals surface area contributed by atoms with Crippen molar-refractivity contribution in [1.82, 2.24) is 14.3 Å². The number of hydrogen-bond donors (Lipinski definition) is 2. The van der Waals surface area contributed by atoms with Gasteiger partial charge in [0.2, 0.25) is 0 Å². The molecule has 7 heteroatoms. The summed E-state index contributed by atoms with van der Waals surface area (Å²) in [5.41, 5.74) is 0.894. The summed E-state index contributed by atoms with van der Waals surface area (Å²) in [4.78, 5) is 6.41. The van der Waals surface area contributed by atoms with Crippen molar-refractivity contribution in [2.24, 2.45) is 0 Å². The first kappa shape index (κ1) is 15.7. The summed E-state index contributed by atoms with van der Waals surface area (Å²) in [6.07, 6.45) is 3.00. The number of aliphatic hydroxyl groups is 1. The van der Waals surface area contributed by atoms with Crippen LogP contribution in [-0.4, -0.2) is 40.4 Å². The topological polar surface area (TPSA) is 86.3 Å². The number of aliphatic hydroxyl groups excluding tert-OH is 1. The number of aromatic nitrogens is 2. The van der Waals surface area contributed by atoms with Gasteiger partial charge in [-0.15, -0.1) is 0 Å². The summed E-state index contributed by atoms with van der Waals surface area (Å²) in [7, 11) is -3.67. The van der Waals surface area contributed by atoms with Crippen LogP contribution >= 0.6 is 0 Å². The van der Waals surface area contributed by atoms with Crippen LogP contribution in [0.3, 0.4) is 0 Å². The molecule has 1 heterocycles. The Morgan fingerprint density at radius 1 is 1.33 bits per heavy atom. The highest BCUT2D eigenvalue weighted by molar-refractivity contribution is 7.89. The minimum absolute atomic E-state index is 0.0585. The summed E-state index contributed by atoms with van der Waals surface area (Å²) < 4.78 is 26.8. The summed E-state index contributed by atoms with van der Waals surface area (Å²) in [5.74, 6) is 0. The summed E-state index contributed by atoms with van der Waals surface area (Å²) in [6.45, 7) is 1.97. The molecule has 0 saturated heterocycles. The van der Waals surface area contributed by atoms with Crippen LogP contribution in [0.4, 0.5) is 0 Å². The lowest BCUT2D eigenvalue weighted by molar-refractivity contribution is 0.230. The maximum Gasteiger partial charge on any atom is 0.260 e. The van der Waals surface area contributed by atoms with Gasteiger partial charge in [-0.2, -0.15) is 4.31 Å². The molecule has 0 bridgehead atoms. The fourth-order valence-corrected chi connectivity index (χ4v) is 3.63. The fraction of sp³-hybridized carbons (Fsp3) is 0.357. The maximum absolute atomic E-state index is 12.7. The van der Waals surface area contributed by atoms with Crippen molar-refractivity contribution in [3.63, 3.8) is 0 Å². The van der Waals surface area contributed by atoms with Crippen molar-refractivity contribution in [3.8, 4) is 0 Å². The molecular weight excluding hydrogens is 290 g/mol. The van der Waals surface area contributed by atoms with E-state index in [0.29, 0.717) is 6.42 Å². The van der Waals surface area contributed by atoms with Crippen molar-refractivity contribution < 1.29 is 13.5 Å². The molecule has 1 aromatic carbocycles.